The van der Waals surface area contributed by atoms with Gasteiger partial charge in [0.05, 0.1) is 10.6 Å². The number of rotatable bonds is 7. The minimum Gasteiger partial charge on any atom is -0.372 e. The van der Waals surface area contributed by atoms with Gasteiger partial charge in [0.1, 0.15) is 0 Å². The molecule has 0 aliphatic heterocycles. The summed E-state index contributed by atoms with van der Waals surface area (Å²) in [6.07, 6.45) is 0. The molecule has 0 saturated carbocycles. The van der Waals surface area contributed by atoms with E-state index in [1.54, 1.807) is 18.0 Å². The maximum Gasteiger partial charge on any atom is 0.341 e. The number of hydrogen-bond acceptors (Lipinski definition) is 4. The summed E-state index contributed by atoms with van der Waals surface area (Å²) in [5.41, 5.74) is 0.292. The topological polar surface area (TPSA) is 49.4 Å². The molecule has 19 heavy (non-hydrogen) atoms. The molecule has 1 N–H and O–H groups in total. The molecule has 4 nitrogen and oxygen atoms in total. The zero-order valence-electron chi connectivity index (χ0n) is 10.9. The number of hydrogen-bond donors (Lipinski definition) is 1. The van der Waals surface area contributed by atoms with Crippen LogP contribution in [0.25, 0.3) is 0 Å². The Labute approximate surface area is 112 Å². The normalized spacial score (nSPS) is 11.8. The Balaban J connectivity index is 3.03. The van der Waals surface area contributed by atoms with E-state index in [0.717, 1.165) is 6.54 Å². The molecule has 0 bridgehead atoms. The lowest BCUT2D eigenvalue weighted by Gasteiger charge is -2.22. The van der Waals surface area contributed by atoms with Gasteiger partial charge in [0.15, 0.2) is 0 Å². The molecule has 0 aromatic heterocycles. The highest BCUT2D eigenvalue weighted by molar-refractivity contribution is 7.91. The standard InChI is InChI=1S/C12H18F2N2O2S/c1-3-15-8-9-16(2)10-6-4-5-7-11(10)19(17,18)12(13)14/h4-7,12,15H,3,8-9H2,1-2H3. The van der Waals surface area contributed by atoms with Crippen LogP contribution in [-0.2, 0) is 9.84 Å². The number of anilines is 1. The van der Waals surface area contributed by atoms with Gasteiger partial charge in [0.2, 0.25) is 9.84 Å². The number of halogens is 2. The molecule has 7 heteroatoms. The Bertz CT molecular complexity index is 506. The number of benzene rings is 1. The number of likely N-dealkylation sites (N-methyl/N-ethyl adjacent to an activating group) is 2. The molecule has 0 amide bonds. The Morgan fingerprint density at radius 1 is 1.32 bits per heavy atom. The van der Waals surface area contributed by atoms with Crippen molar-refractivity contribution in [2.75, 3.05) is 31.6 Å². The number of sulfone groups is 1. The third kappa shape index (κ3) is 3.87. The lowest BCUT2D eigenvalue weighted by Crippen LogP contribution is -2.30. The van der Waals surface area contributed by atoms with Crippen molar-refractivity contribution in [3.63, 3.8) is 0 Å². The van der Waals surface area contributed by atoms with Gasteiger partial charge in [-0.05, 0) is 18.7 Å². The van der Waals surface area contributed by atoms with Crippen molar-refractivity contribution in [1.29, 1.82) is 0 Å². The summed E-state index contributed by atoms with van der Waals surface area (Å²) in [5, 5.41) is 3.09. The number of para-hydroxylation sites is 1. The molecule has 0 saturated heterocycles. The predicted molar refractivity (Wildman–Crippen MR) is 71.4 cm³/mol. The quantitative estimate of drug-likeness (QED) is 0.778. The van der Waals surface area contributed by atoms with Gasteiger partial charge in [-0.1, -0.05) is 19.1 Å². The maximum atomic E-state index is 12.6. The van der Waals surface area contributed by atoms with E-state index in [0.29, 0.717) is 18.8 Å². The van der Waals surface area contributed by atoms with Crippen molar-refractivity contribution in [1.82, 2.24) is 5.32 Å². The third-order valence-corrected chi connectivity index (χ3v) is 4.12. The highest BCUT2D eigenvalue weighted by Crippen LogP contribution is 2.28. The van der Waals surface area contributed by atoms with Crippen molar-refractivity contribution in [2.45, 2.75) is 17.6 Å². The number of nitrogens with one attached hydrogen (secondary N) is 1. The van der Waals surface area contributed by atoms with E-state index in [1.165, 1.54) is 18.2 Å². The average molecular weight is 292 g/mol. The Morgan fingerprint density at radius 3 is 2.53 bits per heavy atom. The molecule has 0 atom stereocenters. The largest absolute Gasteiger partial charge is 0.372 e. The smallest absolute Gasteiger partial charge is 0.341 e. The zero-order chi connectivity index (χ0) is 14.5. The van der Waals surface area contributed by atoms with E-state index in [9.17, 15) is 17.2 Å². The molecule has 1 rings (SSSR count). The molecular formula is C12H18F2N2O2S. The summed E-state index contributed by atoms with van der Waals surface area (Å²) >= 11 is 0. The van der Waals surface area contributed by atoms with E-state index < -0.39 is 15.6 Å². The number of nitrogens with zero attached hydrogens (tertiary/aromatic N) is 1. The maximum absolute atomic E-state index is 12.6. The van der Waals surface area contributed by atoms with Crippen LogP contribution in [0, 0.1) is 0 Å². The van der Waals surface area contributed by atoms with E-state index >= 15 is 0 Å². The molecule has 0 aliphatic carbocycles. The van der Waals surface area contributed by atoms with Crippen molar-refractivity contribution >= 4 is 15.5 Å². The van der Waals surface area contributed by atoms with Crippen molar-refractivity contribution in [3.8, 4) is 0 Å². The first-order chi connectivity index (χ1) is 8.91. The highest BCUT2D eigenvalue weighted by atomic mass is 32.2. The highest BCUT2D eigenvalue weighted by Gasteiger charge is 2.29. The average Bonchev–Trinajstić information content (AvgIpc) is 2.38. The molecule has 1 aromatic rings. The predicted octanol–water partition coefficient (Wildman–Crippen LogP) is 1.73. The van der Waals surface area contributed by atoms with Crippen LogP contribution in [0.2, 0.25) is 0 Å². The minimum absolute atomic E-state index is 0.292. The van der Waals surface area contributed by atoms with Crippen LogP contribution in [0.3, 0.4) is 0 Å². The Morgan fingerprint density at radius 2 is 1.95 bits per heavy atom. The van der Waals surface area contributed by atoms with Crippen LogP contribution in [0.5, 0.6) is 0 Å². The van der Waals surface area contributed by atoms with E-state index in [1.807, 2.05) is 6.92 Å². The van der Waals surface area contributed by atoms with Crippen LogP contribution in [0.4, 0.5) is 14.5 Å². The zero-order valence-corrected chi connectivity index (χ0v) is 11.8. The first kappa shape index (κ1) is 15.8. The second kappa shape index (κ2) is 6.81. The molecule has 0 radical (unpaired) electrons. The summed E-state index contributed by atoms with van der Waals surface area (Å²) in [6, 6.07) is 5.81. The fraction of sp³-hybridized carbons (Fsp3) is 0.500. The van der Waals surface area contributed by atoms with E-state index in [-0.39, 0.29) is 4.90 Å². The molecule has 1 aromatic carbocycles. The lowest BCUT2D eigenvalue weighted by atomic mass is 10.3. The minimum atomic E-state index is -4.58. The van der Waals surface area contributed by atoms with Gasteiger partial charge < -0.3 is 10.2 Å². The van der Waals surface area contributed by atoms with Gasteiger partial charge in [-0.2, -0.15) is 8.78 Å². The summed E-state index contributed by atoms with van der Waals surface area (Å²) < 4.78 is 48.4. The van der Waals surface area contributed by atoms with Gasteiger partial charge in [-0.3, -0.25) is 0 Å². The molecule has 0 heterocycles. The second-order valence-corrected chi connectivity index (χ2v) is 5.93. The van der Waals surface area contributed by atoms with Crippen LogP contribution in [-0.4, -0.2) is 40.9 Å². The van der Waals surface area contributed by atoms with Crippen molar-refractivity contribution in [3.05, 3.63) is 24.3 Å². The fourth-order valence-corrected chi connectivity index (χ4v) is 2.63. The molecule has 0 fully saturated rings. The van der Waals surface area contributed by atoms with E-state index in [2.05, 4.69) is 5.32 Å². The Kier molecular flexibility index (Phi) is 5.68. The SMILES string of the molecule is CCNCCN(C)c1ccccc1S(=O)(=O)C(F)F. The van der Waals surface area contributed by atoms with Gasteiger partial charge in [-0.15, -0.1) is 0 Å². The van der Waals surface area contributed by atoms with Crippen molar-refractivity contribution < 1.29 is 17.2 Å². The summed E-state index contributed by atoms with van der Waals surface area (Å²) in [5.74, 6) is -3.41. The Hall–Kier alpha value is -1.21. The monoisotopic (exact) mass is 292 g/mol. The van der Waals surface area contributed by atoms with Crippen LogP contribution < -0.4 is 10.2 Å². The third-order valence-electron chi connectivity index (χ3n) is 2.69. The molecule has 0 aliphatic rings. The molecule has 108 valence electrons. The summed E-state index contributed by atoms with van der Waals surface area (Å²) in [6.45, 7) is 3.93. The molecular weight excluding hydrogens is 274 g/mol. The second-order valence-electron chi connectivity index (χ2n) is 4.05. The van der Waals surface area contributed by atoms with Gasteiger partial charge in [0, 0.05) is 20.1 Å². The first-order valence-electron chi connectivity index (χ1n) is 5.94. The number of alkyl halides is 2. The lowest BCUT2D eigenvalue weighted by molar-refractivity contribution is 0.235. The molecule has 0 spiro atoms. The van der Waals surface area contributed by atoms with Crippen molar-refractivity contribution in [2.24, 2.45) is 0 Å². The van der Waals surface area contributed by atoms with Crippen LogP contribution in [0.15, 0.2) is 29.2 Å². The van der Waals surface area contributed by atoms with Gasteiger partial charge in [0.25, 0.3) is 0 Å². The van der Waals surface area contributed by atoms with Crippen LogP contribution in [0.1, 0.15) is 6.92 Å². The summed E-state index contributed by atoms with van der Waals surface area (Å²) in [4.78, 5) is 1.32. The summed E-state index contributed by atoms with van der Waals surface area (Å²) in [7, 11) is -2.90. The van der Waals surface area contributed by atoms with Crippen LogP contribution >= 0.6 is 0 Å². The fourth-order valence-electron chi connectivity index (χ4n) is 1.65. The first-order valence-corrected chi connectivity index (χ1v) is 7.48. The van der Waals surface area contributed by atoms with Gasteiger partial charge in [-0.25, -0.2) is 8.42 Å². The molecule has 0 unspecified atom stereocenters. The van der Waals surface area contributed by atoms with Gasteiger partial charge >= 0.3 is 5.76 Å². The van der Waals surface area contributed by atoms with E-state index in [4.69, 9.17) is 0 Å².